The molecule has 0 nitrogen and oxygen atoms in total. The monoisotopic (exact) mass is 414 g/mol. The lowest BCUT2D eigenvalue weighted by atomic mass is 9.83. The molecule has 4 aromatic rings. The van der Waals surface area contributed by atoms with E-state index in [1.165, 1.54) is 62.9 Å². The smallest absolute Gasteiger partial charge is 0.0102 e. The summed E-state index contributed by atoms with van der Waals surface area (Å²) in [4.78, 5) is 0. The molecule has 1 unspecified atom stereocenters. The average Bonchev–Trinajstić information content (AvgIpc) is 3.30. The lowest BCUT2D eigenvalue weighted by molar-refractivity contribution is 0.589. The molecule has 0 heterocycles. The van der Waals surface area contributed by atoms with Gasteiger partial charge in [-0.3, -0.25) is 0 Å². The van der Waals surface area contributed by atoms with Gasteiger partial charge in [-0.25, -0.2) is 0 Å². The molecule has 6 rings (SSSR count). The van der Waals surface area contributed by atoms with Crippen molar-refractivity contribution < 1.29 is 0 Å². The predicted octanol–water partition coefficient (Wildman–Crippen LogP) is 8.69. The number of fused-ring (bicyclic) bond motifs is 6. The quantitative estimate of drug-likeness (QED) is 0.314. The molecule has 0 heteroatoms. The van der Waals surface area contributed by atoms with Crippen molar-refractivity contribution in [3.8, 4) is 22.3 Å². The number of benzene rings is 4. The lowest BCUT2D eigenvalue weighted by Gasteiger charge is -2.21. The van der Waals surface area contributed by atoms with Gasteiger partial charge < -0.3 is 0 Å². The molecule has 0 aliphatic heterocycles. The second kappa shape index (κ2) is 7.20. The average molecular weight is 415 g/mol. The summed E-state index contributed by atoms with van der Waals surface area (Å²) in [6, 6.07) is 34.3. The third kappa shape index (κ3) is 2.97. The van der Waals surface area contributed by atoms with Gasteiger partial charge >= 0.3 is 0 Å². The highest BCUT2D eigenvalue weighted by molar-refractivity contribution is 5.80. The lowest BCUT2D eigenvalue weighted by Crippen LogP contribution is -2.11. The molecule has 0 N–H and O–H groups in total. The van der Waals surface area contributed by atoms with Crippen molar-refractivity contribution in [2.45, 2.75) is 50.9 Å². The summed E-state index contributed by atoms with van der Waals surface area (Å²) < 4.78 is 0. The van der Waals surface area contributed by atoms with Crippen molar-refractivity contribution in [3.05, 3.63) is 119 Å². The molecule has 0 spiro atoms. The maximum Gasteiger partial charge on any atom is 0.0102 e. The molecule has 32 heavy (non-hydrogen) atoms. The van der Waals surface area contributed by atoms with Crippen LogP contribution in [0.25, 0.3) is 22.3 Å². The zero-order chi connectivity index (χ0) is 21.9. The van der Waals surface area contributed by atoms with Crippen molar-refractivity contribution in [2.75, 3.05) is 0 Å². The van der Waals surface area contributed by atoms with Crippen LogP contribution in [0, 0.1) is 0 Å². The first-order valence-electron chi connectivity index (χ1n) is 11.9. The van der Waals surface area contributed by atoms with Gasteiger partial charge in [0.1, 0.15) is 0 Å². The van der Waals surface area contributed by atoms with Gasteiger partial charge in [-0.15, -0.1) is 0 Å². The van der Waals surface area contributed by atoms with Gasteiger partial charge in [-0.1, -0.05) is 112 Å². The van der Waals surface area contributed by atoms with E-state index in [-0.39, 0.29) is 5.41 Å². The molecular formula is C32H30. The fraction of sp³-hybridized carbons (Fsp3) is 0.250. The van der Waals surface area contributed by atoms with Gasteiger partial charge in [0, 0.05) is 11.8 Å². The minimum Gasteiger partial charge on any atom is -0.0619 e. The zero-order valence-corrected chi connectivity index (χ0v) is 19.2. The molecular weight excluding hydrogens is 384 g/mol. The van der Waals surface area contributed by atoms with Crippen LogP contribution in [0.3, 0.4) is 0 Å². The van der Waals surface area contributed by atoms with Crippen LogP contribution in [0.1, 0.15) is 73.3 Å². The first-order valence-corrected chi connectivity index (χ1v) is 11.9. The van der Waals surface area contributed by atoms with E-state index in [1.807, 2.05) is 0 Å². The maximum absolute atomic E-state index is 2.45. The standard InChI is InChI=1S/C32H30/c1-32(2,3)21-16-17-30-29(26-14-8-9-15-27(26)31(30)20-21)19-18-28-24-12-6-4-10-22(24)23-11-5-7-13-25(23)28/h4-17,20,28-29H,18-19H2,1-3H3. The second-order valence-electron chi connectivity index (χ2n) is 10.5. The van der Waals surface area contributed by atoms with E-state index in [1.54, 1.807) is 0 Å². The summed E-state index contributed by atoms with van der Waals surface area (Å²) in [7, 11) is 0. The Morgan fingerprint density at radius 3 is 1.38 bits per heavy atom. The summed E-state index contributed by atoms with van der Waals surface area (Å²) in [5.74, 6) is 0.975. The van der Waals surface area contributed by atoms with Crippen molar-refractivity contribution in [1.82, 2.24) is 0 Å². The number of hydrogen-bond donors (Lipinski definition) is 0. The van der Waals surface area contributed by atoms with Crippen molar-refractivity contribution in [3.63, 3.8) is 0 Å². The minimum absolute atomic E-state index is 0.166. The molecule has 0 saturated heterocycles. The molecule has 2 aliphatic rings. The topological polar surface area (TPSA) is 0 Å². The van der Waals surface area contributed by atoms with Crippen LogP contribution in [0.4, 0.5) is 0 Å². The maximum atomic E-state index is 2.45. The van der Waals surface area contributed by atoms with Gasteiger partial charge in [-0.05, 0) is 68.3 Å². The molecule has 1 atom stereocenters. The van der Waals surface area contributed by atoms with Crippen LogP contribution >= 0.6 is 0 Å². The third-order valence-corrected chi connectivity index (χ3v) is 7.63. The highest BCUT2D eigenvalue weighted by atomic mass is 14.4. The summed E-state index contributed by atoms with van der Waals surface area (Å²) in [6.45, 7) is 6.92. The number of rotatable bonds is 3. The van der Waals surface area contributed by atoms with E-state index in [0.717, 1.165) is 0 Å². The summed E-state index contributed by atoms with van der Waals surface area (Å²) in [5.41, 5.74) is 13.4. The van der Waals surface area contributed by atoms with E-state index >= 15 is 0 Å². The fourth-order valence-corrected chi connectivity index (χ4v) is 5.99. The van der Waals surface area contributed by atoms with Crippen LogP contribution in [0.2, 0.25) is 0 Å². The third-order valence-electron chi connectivity index (χ3n) is 7.63. The Morgan fingerprint density at radius 1 is 0.500 bits per heavy atom. The van der Waals surface area contributed by atoms with Gasteiger partial charge in [0.05, 0.1) is 0 Å². The first kappa shape index (κ1) is 19.6. The highest BCUT2D eigenvalue weighted by Crippen LogP contribution is 2.51. The normalized spacial score (nSPS) is 16.4. The molecule has 158 valence electrons. The Hall–Kier alpha value is -3.12. The van der Waals surface area contributed by atoms with Crippen molar-refractivity contribution >= 4 is 0 Å². The summed E-state index contributed by atoms with van der Waals surface area (Å²) >= 11 is 0. The molecule has 0 fully saturated rings. The molecule has 0 aromatic heterocycles. The zero-order valence-electron chi connectivity index (χ0n) is 19.2. The Bertz CT molecular complexity index is 1270. The Balaban J connectivity index is 1.38. The van der Waals surface area contributed by atoms with E-state index in [2.05, 4.69) is 112 Å². The summed E-state index contributed by atoms with van der Waals surface area (Å²) in [6.07, 6.45) is 2.35. The fourth-order valence-electron chi connectivity index (χ4n) is 5.99. The van der Waals surface area contributed by atoms with E-state index in [0.29, 0.717) is 11.8 Å². The van der Waals surface area contributed by atoms with Crippen LogP contribution in [-0.4, -0.2) is 0 Å². The molecule has 0 saturated carbocycles. The Labute approximate surface area is 192 Å². The van der Waals surface area contributed by atoms with Crippen LogP contribution in [0.5, 0.6) is 0 Å². The van der Waals surface area contributed by atoms with E-state index < -0.39 is 0 Å². The van der Waals surface area contributed by atoms with Gasteiger partial charge in [0.15, 0.2) is 0 Å². The molecule has 4 aromatic carbocycles. The minimum atomic E-state index is 0.166. The van der Waals surface area contributed by atoms with E-state index in [4.69, 9.17) is 0 Å². The molecule has 0 bridgehead atoms. The second-order valence-corrected chi connectivity index (χ2v) is 10.5. The van der Waals surface area contributed by atoms with Gasteiger partial charge in [-0.2, -0.15) is 0 Å². The number of hydrogen-bond acceptors (Lipinski definition) is 0. The van der Waals surface area contributed by atoms with Crippen LogP contribution in [-0.2, 0) is 5.41 Å². The molecule has 0 amide bonds. The molecule has 0 radical (unpaired) electrons. The predicted molar refractivity (Wildman–Crippen MR) is 135 cm³/mol. The van der Waals surface area contributed by atoms with Gasteiger partial charge in [0.25, 0.3) is 0 Å². The highest BCUT2D eigenvalue weighted by Gasteiger charge is 2.33. The largest absolute Gasteiger partial charge is 0.0619 e. The van der Waals surface area contributed by atoms with Crippen molar-refractivity contribution in [2.24, 2.45) is 0 Å². The Kier molecular flexibility index (Phi) is 4.40. The van der Waals surface area contributed by atoms with E-state index in [9.17, 15) is 0 Å². The molecule has 2 aliphatic carbocycles. The van der Waals surface area contributed by atoms with Crippen LogP contribution in [0.15, 0.2) is 91.0 Å². The van der Waals surface area contributed by atoms with Crippen LogP contribution < -0.4 is 0 Å². The van der Waals surface area contributed by atoms with Crippen molar-refractivity contribution in [1.29, 1.82) is 0 Å². The summed E-state index contributed by atoms with van der Waals surface area (Å²) in [5, 5.41) is 0. The SMILES string of the molecule is CC(C)(C)c1ccc2c(c1)-c1ccccc1C2CCC1c2ccccc2-c2ccccc21. The van der Waals surface area contributed by atoms with Gasteiger partial charge in [0.2, 0.25) is 0 Å². The first-order chi connectivity index (χ1) is 15.5. The Morgan fingerprint density at radius 2 is 0.906 bits per heavy atom.